The summed E-state index contributed by atoms with van der Waals surface area (Å²) < 4.78 is 5.32. The number of aliphatic hydroxyl groups excluding tert-OH is 1. The molecule has 1 aliphatic rings. The Balaban J connectivity index is 1.67. The summed E-state index contributed by atoms with van der Waals surface area (Å²) in [6.45, 7) is 3.18. The number of aliphatic hydroxyl groups is 1. The summed E-state index contributed by atoms with van der Waals surface area (Å²) in [6.07, 6.45) is 4.93. The molecule has 0 radical (unpaired) electrons. The molecule has 2 aromatic rings. The Labute approximate surface area is 123 Å². The van der Waals surface area contributed by atoms with Crippen molar-refractivity contribution in [3.63, 3.8) is 0 Å². The topological polar surface area (TPSA) is 71.4 Å². The first-order valence-electron chi connectivity index (χ1n) is 7.02. The van der Waals surface area contributed by atoms with E-state index in [1.165, 1.54) is 0 Å². The molecule has 0 aliphatic carbocycles. The first-order chi connectivity index (χ1) is 10.3. The van der Waals surface area contributed by atoms with Gasteiger partial charge < -0.3 is 9.84 Å². The molecule has 3 heterocycles. The van der Waals surface area contributed by atoms with Gasteiger partial charge in [-0.3, -0.25) is 9.88 Å². The quantitative estimate of drug-likeness (QED) is 0.897. The largest absolute Gasteiger partial charge is 0.389 e. The minimum Gasteiger partial charge on any atom is -0.389 e. The molecule has 0 saturated carbocycles. The second kappa shape index (κ2) is 6.71. The molecule has 2 aromatic heterocycles. The highest BCUT2D eigenvalue weighted by Crippen LogP contribution is 2.12. The highest BCUT2D eigenvalue weighted by molar-refractivity contribution is 5.47. The van der Waals surface area contributed by atoms with E-state index in [-0.39, 0.29) is 0 Å². The number of aromatic nitrogens is 3. The normalized spacial score (nSPS) is 20.1. The molecule has 21 heavy (non-hydrogen) atoms. The van der Waals surface area contributed by atoms with E-state index in [1.54, 1.807) is 6.20 Å². The lowest BCUT2D eigenvalue weighted by Gasteiger charge is -2.20. The monoisotopic (exact) mass is 286 g/mol. The van der Waals surface area contributed by atoms with Gasteiger partial charge in [-0.15, -0.1) is 0 Å². The van der Waals surface area contributed by atoms with E-state index in [0.717, 1.165) is 17.8 Å². The zero-order valence-electron chi connectivity index (χ0n) is 11.7. The van der Waals surface area contributed by atoms with Crippen LogP contribution in [0.2, 0.25) is 0 Å². The van der Waals surface area contributed by atoms with Crippen molar-refractivity contribution in [3.8, 4) is 11.5 Å². The van der Waals surface area contributed by atoms with Crippen LogP contribution in [0.5, 0.6) is 0 Å². The van der Waals surface area contributed by atoms with Crippen molar-refractivity contribution < 1.29 is 9.84 Å². The predicted molar refractivity (Wildman–Crippen MR) is 77.4 cm³/mol. The summed E-state index contributed by atoms with van der Waals surface area (Å²) in [4.78, 5) is 15.1. The maximum atomic E-state index is 9.72. The SMILES string of the molecule is OC1COCCN(Cc2cnc(-c3ccccn3)nc2)C1. The molecule has 0 aromatic carbocycles. The molecular weight excluding hydrogens is 268 g/mol. The lowest BCUT2D eigenvalue weighted by molar-refractivity contribution is 0.0562. The Morgan fingerprint density at radius 3 is 2.86 bits per heavy atom. The molecule has 6 nitrogen and oxygen atoms in total. The third-order valence-corrected chi connectivity index (χ3v) is 3.34. The molecule has 3 rings (SSSR count). The lowest BCUT2D eigenvalue weighted by Crippen LogP contribution is -2.32. The Morgan fingerprint density at radius 1 is 1.24 bits per heavy atom. The van der Waals surface area contributed by atoms with Gasteiger partial charge in [0.15, 0.2) is 5.82 Å². The minimum atomic E-state index is -0.429. The Morgan fingerprint density at radius 2 is 2.10 bits per heavy atom. The van der Waals surface area contributed by atoms with Crippen LogP contribution in [-0.4, -0.2) is 57.4 Å². The number of nitrogens with zero attached hydrogens (tertiary/aromatic N) is 4. The first kappa shape index (κ1) is 14.1. The van der Waals surface area contributed by atoms with E-state index in [1.807, 2.05) is 30.6 Å². The molecule has 110 valence electrons. The highest BCUT2D eigenvalue weighted by Gasteiger charge is 2.16. The predicted octanol–water partition coefficient (Wildman–Crippen LogP) is 0.732. The van der Waals surface area contributed by atoms with Crippen LogP contribution in [-0.2, 0) is 11.3 Å². The fourth-order valence-corrected chi connectivity index (χ4v) is 2.32. The fourth-order valence-electron chi connectivity index (χ4n) is 2.32. The standard InChI is InChI=1S/C15H18N4O2/c20-13-10-19(5-6-21-11-13)9-12-7-17-15(18-8-12)14-3-1-2-4-16-14/h1-4,7-8,13,20H,5-6,9-11H2. The van der Waals surface area contributed by atoms with Gasteiger partial charge in [0.1, 0.15) is 5.69 Å². The van der Waals surface area contributed by atoms with Crippen molar-refractivity contribution >= 4 is 0 Å². The van der Waals surface area contributed by atoms with Crippen LogP contribution in [0, 0.1) is 0 Å². The van der Waals surface area contributed by atoms with Crippen LogP contribution >= 0.6 is 0 Å². The van der Waals surface area contributed by atoms with Gasteiger partial charge in [-0.05, 0) is 12.1 Å². The highest BCUT2D eigenvalue weighted by atomic mass is 16.5. The number of ether oxygens (including phenoxy) is 1. The smallest absolute Gasteiger partial charge is 0.178 e. The number of hydrogen-bond acceptors (Lipinski definition) is 6. The van der Waals surface area contributed by atoms with Crippen molar-refractivity contribution in [1.82, 2.24) is 19.9 Å². The Kier molecular flexibility index (Phi) is 4.49. The summed E-state index contributed by atoms with van der Waals surface area (Å²) in [5.41, 5.74) is 1.78. The number of rotatable bonds is 3. The van der Waals surface area contributed by atoms with Gasteiger partial charge in [0, 0.05) is 43.8 Å². The van der Waals surface area contributed by atoms with E-state index in [0.29, 0.717) is 32.1 Å². The van der Waals surface area contributed by atoms with Crippen molar-refractivity contribution in [2.75, 3.05) is 26.3 Å². The molecule has 0 bridgehead atoms. The van der Waals surface area contributed by atoms with Gasteiger partial charge in [-0.25, -0.2) is 9.97 Å². The molecule has 0 amide bonds. The van der Waals surface area contributed by atoms with Crippen LogP contribution in [0.3, 0.4) is 0 Å². The number of pyridine rings is 1. The summed E-state index contributed by atoms with van der Waals surface area (Å²) in [7, 11) is 0. The fraction of sp³-hybridized carbons (Fsp3) is 0.400. The van der Waals surface area contributed by atoms with Crippen molar-refractivity contribution in [3.05, 3.63) is 42.4 Å². The summed E-state index contributed by atoms with van der Waals surface area (Å²) in [5, 5.41) is 9.72. The van der Waals surface area contributed by atoms with Gasteiger partial charge in [-0.1, -0.05) is 6.07 Å². The van der Waals surface area contributed by atoms with Gasteiger partial charge in [0.25, 0.3) is 0 Å². The Hall–Kier alpha value is -1.89. The van der Waals surface area contributed by atoms with E-state index < -0.39 is 6.10 Å². The average molecular weight is 286 g/mol. The van der Waals surface area contributed by atoms with Gasteiger partial charge in [0.05, 0.1) is 19.3 Å². The molecule has 1 saturated heterocycles. The maximum Gasteiger partial charge on any atom is 0.178 e. The molecular formula is C15H18N4O2. The minimum absolute atomic E-state index is 0.408. The summed E-state index contributed by atoms with van der Waals surface area (Å²) in [6, 6.07) is 5.67. The van der Waals surface area contributed by atoms with E-state index in [9.17, 15) is 5.11 Å². The van der Waals surface area contributed by atoms with Crippen molar-refractivity contribution in [2.24, 2.45) is 0 Å². The molecule has 1 fully saturated rings. The second-order valence-corrected chi connectivity index (χ2v) is 5.09. The van der Waals surface area contributed by atoms with Crippen molar-refractivity contribution in [2.45, 2.75) is 12.6 Å². The molecule has 6 heteroatoms. The summed E-state index contributed by atoms with van der Waals surface area (Å²) >= 11 is 0. The van der Waals surface area contributed by atoms with Crippen LogP contribution < -0.4 is 0 Å². The van der Waals surface area contributed by atoms with Crippen molar-refractivity contribution in [1.29, 1.82) is 0 Å². The zero-order valence-corrected chi connectivity index (χ0v) is 11.7. The van der Waals surface area contributed by atoms with Crippen LogP contribution in [0.15, 0.2) is 36.8 Å². The third kappa shape index (κ3) is 3.81. The molecule has 1 unspecified atom stereocenters. The van der Waals surface area contributed by atoms with Crippen LogP contribution in [0.25, 0.3) is 11.5 Å². The summed E-state index contributed by atoms with van der Waals surface area (Å²) in [5.74, 6) is 0.624. The first-order valence-corrected chi connectivity index (χ1v) is 7.02. The van der Waals surface area contributed by atoms with Gasteiger partial charge in [0.2, 0.25) is 0 Å². The molecule has 1 N–H and O–H groups in total. The third-order valence-electron chi connectivity index (χ3n) is 3.34. The maximum absolute atomic E-state index is 9.72. The van der Waals surface area contributed by atoms with Gasteiger partial charge in [-0.2, -0.15) is 0 Å². The van der Waals surface area contributed by atoms with Gasteiger partial charge >= 0.3 is 0 Å². The average Bonchev–Trinajstić information content (AvgIpc) is 2.73. The molecule has 1 aliphatic heterocycles. The lowest BCUT2D eigenvalue weighted by atomic mass is 10.2. The second-order valence-electron chi connectivity index (χ2n) is 5.09. The van der Waals surface area contributed by atoms with E-state index in [4.69, 9.17) is 4.74 Å². The molecule has 0 spiro atoms. The number of hydrogen-bond donors (Lipinski definition) is 1. The number of β-amino-alcohol motifs (C(OH)–C–C–N with tert-alkyl or cyclic N) is 1. The Bertz CT molecular complexity index is 562. The van der Waals surface area contributed by atoms with E-state index in [2.05, 4.69) is 19.9 Å². The van der Waals surface area contributed by atoms with E-state index >= 15 is 0 Å². The molecule has 1 atom stereocenters. The van der Waals surface area contributed by atoms with Crippen LogP contribution in [0.4, 0.5) is 0 Å². The zero-order chi connectivity index (χ0) is 14.5. The van der Waals surface area contributed by atoms with Crippen LogP contribution in [0.1, 0.15) is 5.56 Å².